The van der Waals surface area contributed by atoms with Crippen molar-refractivity contribution in [1.82, 2.24) is 4.57 Å². The second kappa shape index (κ2) is 3.48. The number of nitrogens with zero attached hydrogens (tertiary/aromatic N) is 1. The molecule has 0 unspecified atom stereocenters. The minimum Gasteiger partial charge on any atom is -0.344 e. The van der Waals surface area contributed by atoms with Crippen LogP contribution in [0.3, 0.4) is 0 Å². The lowest BCUT2D eigenvalue weighted by Gasteiger charge is -2.01. The second-order valence-electron chi connectivity index (χ2n) is 4.19. The summed E-state index contributed by atoms with van der Waals surface area (Å²) in [6, 6.07) is 13.1. The summed E-state index contributed by atoms with van der Waals surface area (Å²) in [7, 11) is 2.14. The highest BCUT2D eigenvalue weighted by Gasteiger charge is 2.08. The van der Waals surface area contributed by atoms with Gasteiger partial charge in [0.1, 0.15) is 0 Å². The minimum atomic E-state index is 1.30. The van der Waals surface area contributed by atoms with E-state index >= 15 is 0 Å². The van der Waals surface area contributed by atoms with Gasteiger partial charge in [0.2, 0.25) is 0 Å². The minimum absolute atomic E-state index is 1.30. The van der Waals surface area contributed by atoms with E-state index in [1.54, 1.807) is 0 Å². The maximum absolute atomic E-state index is 2.41. The molecule has 1 aromatic heterocycles. The molecule has 16 heavy (non-hydrogen) atoms. The molecule has 3 rings (SSSR count). The van der Waals surface area contributed by atoms with E-state index in [4.69, 9.17) is 0 Å². The molecule has 0 saturated heterocycles. The molecular formula is C14H12IN. The van der Waals surface area contributed by atoms with Crippen LogP contribution in [0.15, 0.2) is 36.4 Å². The molecule has 2 heteroatoms. The van der Waals surface area contributed by atoms with Gasteiger partial charge in [0.05, 0.1) is 0 Å². The summed E-state index contributed by atoms with van der Waals surface area (Å²) in [5.74, 6) is 0. The highest BCUT2D eigenvalue weighted by molar-refractivity contribution is 14.1. The van der Waals surface area contributed by atoms with Gasteiger partial charge in [-0.1, -0.05) is 18.2 Å². The third-order valence-electron chi connectivity index (χ3n) is 3.19. The van der Waals surface area contributed by atoms with E-state index in [0.717, 1.165) is 0 Å². The molecule has 0 aliphatic heterocycles. The van der Waals surface area contributed by atoms with E-state index in [0.29, 0.717) is 0 Å². The number of halogens is 1. The largest absolute Gasteiger partial charge is 0.344 e. The van der Waals surface area contributed by atoms with Crippen LogP contribution in [0.4, 0.5) is 0 Å². The summed E-state index contributed by atoms with van der Waals surface area (Å²) in [6.45, 7) is 2.17. The molecule has 0 amide bonds. The van der Waals surface area contributed by atoms with Crippen LogP contribution in [0.1, 0.15) is 5.56 Å². The van der Waals surface area contributed by atoms with Crippen LogP contribution in [0.5, 0.6) is 0 Å². The number of benzene rings is 2. The van der Waals surface area contributed by atoms with Gasteiger partial charge < -0.3 is 4.57 Å². The quantitative estimate of drug-likeness (QED) is 0.546. The van der Waals surface area contributed by atoms with Gasteiger partial charge in [-0.3, -0.25) is 0 Å². The maximum atomic E-state index is 2.41. The zero-order valence-electron chi connectivity index (χ0n) is 9.29. The van der Waals surface area contributed by atoms with Crippen LogP contribution in [-0.4, -0.2) is 4.57 Å². The monoisotopic (exact) mass is 321 g/mol. The predicted molar refractivity (Wildman–Crippen MR) is 77.9 cm³/mol. The van der Waals surface area contributed by atoms with Gasteiger partial charge in [-0.2, -0.15) is 0 Å². The number of fused-ring (bicyclic) bond motifs is 3. The Morgan fingerprint density at radius 1 is 1.00 bits per heavy atom. The Morgan fingerprint density at radius 2 is 1.75 bits per heavy atom. The molecule has 2 aromatic carbocycles. The van der Waals surface area contributed by atoms with E-state index < -0.39 is 0 Å². The van der Waals surface area contributed by atoms with Gasteiger partial charge in [0.15, 0.2) is 0 Å². The fraction of sp³-hybridized carbons (Fsp3) is 0.143. The molecule has 3 aromatic rings. The summed E-state index contributed by atoms with van der Waals surface area (Å²) in [6.07, 6.45) is 0. The molecule has 80 valence electrons. The van der Waals surface area contributed by atoms with Crippen molar-refractivity contribution in [3.8, 4) is 0 Å². The number of para-hydroxylation sites is 1. The molecule has 1 nitrogen and oxygen atoms in total. The van der Waals surface area contributed by atoms with Crippen molar-refractivity contribution in [3.63, 3.8) is 0 Å². The van der Waals surface area contributed by atoms with E-state index in [1.807, 2.05) is 0 Å². The molecule has 0 radical (unpaired) electrons. The van der Waals surface area contributed by atoms with Gasteiger partial charge in [0, 0.05) is 32.4 Å². The molecular weight excluding hydrogens is 309 g/mol. The lowest BCUT2D eigenvalue weighted by atomic mass is 10.1. The standard InChI is InChI=1S/C14H12IN/c1-9-7-14-11(8-12(9)15)10-5-3-4-6-13(10)16(14)2/h3-8H,1-2H3. The Morgan fingerprint density at radius 3 is 2.56 bits per heavy atom. The van der Waals surface area contributed by atoms with E-state index in [9.17, 15) is 0 Å². The number of hydrogen-bond donors (Lipinski definition) is 0. The number of rotatable bonds is 0. The Kier molecular flexibility index (Phi) is 2.21. The van der Waals surface area contributed by atoms with Gasteiger partial charge in [-0.05, 0) is 53.3 Å². The fourth-order valence-electron chi connectivity index (χ4n) is 2.28. The van der Waals surface area contributed by atoms with Gasteiger partial charge in [-0.25, -0.2) is 0 Å². The average Bonchev–Trinajstić information content (AvgIpc) is 2.55. The van der Waals surface area contributed by atoms with Gasteiger partial charge in [-0.15, -0.1) is 0 Å². The van der Waals surface area contributed by atoms with E-state index in [2.05, 4.69) is 77.5 Å². The summed E-state index contributed by atoms with van der Waals surface area (Å²) in [5, 5.41) is 2.70. The number of aryl methyl sites for hydroxylation is 2. The van der Waals surface area contributed by atoms with Crippen molar-refractivity contribution in [1.29, 1.82) is 0 Å². The first kappa shape index (κ1) is 10.1. The van der Waals surface area contributed by atoms with Gasteiger partial charge >= 0.3 is 0 Å². The molecule has 0 bridgehead atoms. The lowest BCUT2D eigenvalue weighted by molar-refractivity contribution is 1.01. The Labute approximate surface area is 108 Å². The van der Waals surface area contributed by atoms with Crippen molar-refractivity contribution in [2.24, 2.45) is 7.05 Å². The molecule has 0 spiro atoms. The van der Waals surface area contributed by atoms with Crippen molar-refractivity contribution >= 4 is 44.4 Å². The first-order valence-corrected chi connectivity index (χ1v) is 6.39. The Bertz CT molecular complexity index is 695. The van der Waals surface area contributed by atoms with Crippen molar-refractivity contribution in [2.75, 3.05) is 0 Å². The third kappa shape index (κ3) is 1.29. The molecule has 0 aliphatic rings. The van der Waals surface area contributed by atoms with Crippen LogP contribution in [0.25, 0.3) is 21.8 Å². The molecule has 0 fully saturated rings. The van der Waals surface area contributed by atoms with Crippen LogP contribution >= 0.6 is 22.6 Å². The zero-order valence-corrected chi connectivity index (χ0v) is 11.4. The number of hydrogen-bond acceptors (Lipinski definition) is 0. The predicted octanol–water partition coefficient (Wildman–Crippen LogP) is 4.24. The summed E-state index contributed by atoms with van der Waals surface area (Å²) < 4.78 is 3.61. The highest BCUT2D eigenvalue weighted by Crippen LogP contribution is 2.30. The van der Waals surface area contributed by atoms with Crippen molar-refractivity contribution in [3.05, 3.63) is 45.5 Å². The fourth-order valence-corrected chi connectivity index (χ4v) is 2.75. The topological polar surface area (TPSA) is 4.93 Å². The Balaban J connectivity index is 2.62. The van der Waals surface area contributed by atoms with E-state index in [-0.39, 0.29) is 0 Å². The van der Waals surface area contributed by atoms with Crippen LogP contribution < -0.4 is 0 Å². The molecule has 0 aliphatic carbocycles. The van der Waals surface area contributed by atoms with Crippen LogP contribution in [0.2, 0.25) is 0 Å². The zero-order chi connectivity index (χ0) is 11.3. The molecule has 0 N–H and O–H groups in total. The summed E-state index contributed by atoms with van der Waals surface area (Å²) in [5.41, 5.74) is 3.97. The van der Waals surface area contributed by atoms with Crippen molar-refractivity contribution < 1.29 is 0 Å². The normalized spacial score (nSPS) is 11.4. The Hall–Kier alpha value is -1.03. The summed E-state index contributed by atoms with van der Waals surface area (Å²) in [4.78, 5) is 0. The lowest BCUT2D eigenvalue weighted by Crippen LogP contribution is -1.87. The molecule has 1 heterocycles. The van der Waals surface area contributed by atoms with Gasteiger partial charge in [0.25, 0.3) is 0 Å². The number of aromatic nitrogens is 1. The maximum Gasteiger partial charge on any atom is 0.0492 e. The van der Waals surface area contributed by atoms with Crippen molar-refractivity contribution in [2.45, 2.75) is 6.92 Å². The van der Waals surface area contributed by atoms with Crippen LogP contribution in [-0.2, 0) is 7.05 Å². The smallest absolute Gasteiger partial charge is 0.0492 e. The molecule has 0 atom stereocenters. The van der Waals surface area contributed by atoms with E-state index in [1.165, 1.54) is 30.9 Å². The van der Waals surface area contributed by atoms with Crippen LogP contribution in [0, 0.1) is 10.5 Å². The SMILES string of the molecule is Cc1cc2c(cc1I)c1ccccc1n2C. The third-order valence-corrected chi connectivity index (χ3v) is 4.36. The second-order valence-corrected chi connectivity index (χ2v) is 5.36. The summed E-state index contributed by atoms with van der Waals surface area (Å²) >= 11 is 2.41. The highest BCUT2D eigenvalue weighted by atomic mass is 127. The first-order chi connectivity index (χ1) is 7.68. The first-order valence-electron chi connectivity index (χ1n) is 5.32. The average molecular weight is 321 g/mol. The molecule has 0 saturated carbocycles.